The molecule has 6 atom stereocenters. The van der Waals surface area contributed by atoms with E-state index in [-0.39, 0.29) is 12.5 Å². The van der Waals surface area contributed by atoms with E-state index in [1.54, 1.807) is 0 Å². The Morgan fingerprint density at radius 2 is 1.87 bits per heavy atom. The van der Waals surface area contributed by atoms with Crippen molar-refractivity contribution in [2.24, 2.45) is 11.5 Å². The maximum atomic E-state index is 13.3. The number of amides is 3. The first-order chi connectivity index (χ1) is 14.1. The van der Waals surface area contributed by atoms with E-state index in [1.165, 1.54) is 23.6 Å². The zero-order valence-corrected chi connectivity index (χ0v) is 17.5. The number of nitrogens with two attached hydrogens (primary N) is 2. The summed E-state index contributed by atoms with van der Waals surface area (Å²) in [6.07, 6.45) is 0.568. The molecule has 0 spiro atoms. The third-order valence-electron chi connectivity index (χ3n) is 6.06. The van der Waals surface area contributed by atoms with Crippen molar-refractivity contribution in [2.45, 2.75) is 75.4 Å². The summed E-state index contributed by atoms with van der Waals surface area (Å²) in [6.45, 7) is 3.45. The number of aliphatic hydroxyl groups excluding tert-OH is 2. The summed E-state index contributed by atoms with van der Waals surface area (Å²) in [5.74, 6) is -1.63. The molecular formula is C19H33N5O6. The van der Waals surface area contributed by atoms with Crippen LogP contribution in [0.5, 0.6) is 0 Å². The number of nitrogens with zero attached hydrogens (tertiary/aromatic N) is 2. The summed E-state index contributed by atoms with van der Waals surface area (Å²) >= 11 is 0. The maximum Gasteiger partial charge on any atom is 0.246 e. The smallest absolute Gasteiger partial charge is 0.246 e. The Labute approximate surface area is 175 Å². The minimum Gasteiger partial charge on any atom is -0.391 e. The van der Waals surface area contributed by atoms with E-state index in [0.717, 1.165) is 0 Å². The van der Waals surface area contributed by atoms with Crippen molar-refractivity contribution < 1.29 is 29.4 Å². The Kier molecular flexibility index (Phi) is 7.92. The molecular weight excluding hydrogens is 394 g/mol. The number of nitrogens with one attached hydrogen (secondary N) is 1. The molecule has 2 aliphatic heterocycles. The van der Waals surface area contributed by atoms with Gasteiger partial charge >= 0.3 is 0 Å². The van der Waals surface area contributed by atoms with E-state index >= 15 is 0 Å². The lowest BCUT2D eigenvalue weighted by molar-refractivity contribution is -0.149. The molecule has 3 amide bonds. The number of aldehydes is 1. The molecule has 11 heteroatoms. The first kappa shape index (κ1) is 24.2. The van der Waals surface area contributed by atoms with Gasteiger partial charge in [-0.25, -0.2) is 0 Å². The molecule has 0 aromatic rings. The van der Waals surface area contributed by atoms with Crippen LogP contribution in [0.15, 0.2) is 0 Å². The Morgan fingerprint density at radius 3 is 2.40 bits per heavy atom. The van der Waals surface area contributed by atoms with E-state index in [4.69, 9.17) is 11.5 Å². The molecule has 170 valence electrons. The van der Waals surface area contributed by atoms with E-state index in [1.807, 2.05) is 0 Å². The lowest BCUT2D eigenvalue weighted by Crippen LogP contribution is -2.62. The Morgan fingerprint density at radius 1 is 1.20 bits per heavy atom. The Bertz CT molecular complexity index is 672. The minimum absolute atomic E-state index is 0.0470. The molecule has 2 heterocycles. The first-order valence-electron chi connectivity index (χ1n) is 10.3. The lowest BCUT2D eigenvalue weighted by Gasteiger charge is -2.38. The van der Waals surface area contributed by atoms with Gasteiger partial charge in [-0.1, -0.05) is 0 Å². The topological polar surface area (TPSA) is 179 Å². The van der Waals surface area contributed by atoms with Crippen LogP contribution >= 0.6 is 0 Å². The quantitative estimate of drug-likeness (QED) is 0.243. The van der Waals surface area contributed by atoms with Gasteiger partial charge in [0, 0.05) is 19.6 Å². The Balaban J connectivity index is 2.19. The van der Waals surface area contributed by atoms with Crippen LogP contribution in [0.3, 0.4) is 0 Å². The fourth-order valence-corrected chi connectivity index (χ4v) is 4.24. The second kappa shape index (κ2) is 9.82. The molecule has 2 rings (SSSR count). The highest BCUT2D eigenvalue weighted by Gasteiger charge is 2.48. The molecule has 2 aliphatic rings. The van der Waals surface area contributed by atoms with E-state index in [2.05, 4.69) is 5.32 Å². The summed E-state index contributed by atoms with van der Waals surface area (Å²) in [4.78, 5) is 52.4. The second-order valence-corrected chi connectivity index (χ2v) is 8.27. The number of likely N-dealkylation sites (tertiary alicyclic amines) is 2. The van der Waals surface area contributed by atoms with Crippen LogP contribution in [-0.4, -0.2) is 99.5 Å². The zero-order valence-electron chi connectivity index (χ0n) is 17.5. The summed E-state index contributed by atoms with van der Waals surface area (Å²) in [5, 5.41) is 22.2. The van der Waals surface area contributed by atoms with Gasteiger partial charge in [0.1, 0.15) is 30.0 Å². The first-order valence-corrected chi connectivity index (χ1v) is 10.3. The van der Waals surface area contributed by atoms with Crippen molar-refractivity contribution in [1.29, 1.82) is 0 Å². The third-order valence-corrected chi connectivity index (χ3v) is 6.06. The summed E-state index contributed by atoms with van der Waals surface area (Å²) < 4.78 is 0. The van der Waals surface area contributed by atoms with Crippen molar-refractivity contribution in [3.05, 3.63) is 0 Å². The third kappa shape index (κ3) is 4.80. The summed E-state index contributed by atoms with van der Waals surface area (Å²) in [5.41, 5.74) is 9.87. The van der Waals surface area contributed by atoms with Crippen molar-refractivity contribution in [1.82, 2.24) is 15.1 Å². The van der Waals surface area contributed by atoms with Gasteiger partial charge in [0.25, 0.3) is 0 Å². The minimum atomic E-state index is -1.20. The molecule has 0 aromatic heterocycles. The van der Waals surface area contributed by atoms with Crippen molar-refractivity contribution in [2.75, 3.05) is 19.6 Å². The predicted octanol–water partition coefficient (Wildman–Crippen LogP) is -2.93. The van der Waals surface area contributed by atoms with E-state index < -0.39 is 47.7 Å². The number of carbonyl (C=O) groups excluding carboxylic acids is 4. The molecule has 2 unspecified atom stereocenters. The molecule has 2 saturated heterocycles. The Hall–Kier alpha value is -2.08. The van der Waals surface area contributed by atoms with Gasteiger partial charge in [0.15, 0.2) is 0 Å². The number of hydrogen-bond acceptors (Lipinski definition) is 8. The standard InChI is InChI=1S/C19H33N5O6/c1-11(26)14(20)18(30)23-7-3-5-13(23)17(29)24-8-4-6-19(24,10-25)9-22-15(12(2)27)16(21)28/h10-15,22,26-27H,3-9,20H2,1-2H3,(H2,21,28)/t11-,12-,13?,14+,15+,19?/m1/s1. The largest absolute Gasteiger partial charge is 0.391 e. The van der Waals surface area contributed by atoms with Crippen molar-refractivity contribution in [3.63, 3.8) is 0 Å². The van der Waals surface area contributed by atoms with Crippen LogP contribution in [0.25, 0.3) is 0 Å². The SMILES string of the molecule is C[C@@H](O)[C@H](N)C(=O)N1CCCC1C(=O)N1CCCC1(C=O)CN[C@H](C(N)=O)[C@@H](C)O. The predicted molar refractivity (Wildman–Crippen MR) is 107 cm³/mol. The van der Waals surface area contributed by atoms with Crippen LogP contribution in [0.4, 0.5) is 0 Å². The molecule has 0 aromatic carbocycles. The van der Waals surface area contributed by atoms with Crippen LogP contribution in [0, 0.1) is 0 Å². The van der Waals surface area contributed by atoms with Gasteiger partial charge in [-0.2, -0.15) is 0 Å². The molecule has 2 fully saturated rings. The number of carbonyl (C=O) groups is 4. The average Bonchev–Trinajstić information content (AvgIpc) is 3.33. The van der Waals surface area contributed by atoms with Gasteiger partial charge in [-0.3, -0.25) is 14.4 Å². The normalized spacial score (nSPS) is 28.1. The summed E-state index contributed by atoms with van der Waals surface area (Å²) in [6, 6.07) is -2.95. The highest BCUT2D eigenvalue weighted by Crippen LogP contribution is 2.31. The van der Waals surface area contributed by atoms with Crippen LogP contribution in [0.1, 0.15) is 39.5 Å². The molecule has 0 saturated carbocycles. The van der Waals surface area contributed by atoms with Crippen LogP contribution < -0.4 is 16.8 Å². The number of hydrogen-bond donors (Lipinski definition) is 5. The van der Waals surface area contributed by atoms with Gasteiger partial charge in [0.05, 0.1) is 12.2 Å². The highest BCUT2D eigenvalue weighted by molar-refractivity contribution is 5.92. The van der Waals surface area contributed by atoms with Gasteiger partial charge in [-0.15, -0.1) is 0 Å². The zero-order chi connectivity index (χ0) is 22.6. The highest BCUT2D eigenvalue weighted by atomic mass is 16.3. The maximum absolute atomic E-state index is 13.3. The van der Waals surface area contributed by atoms with Gasteiger partial charge < -0.3 is 41.6 Å². The number of primary amides is 1. The molecule has 7 N–H and O–H groups in total. The molecule has 0 radical (unpaired) electrons. The van der Waals surface area contributed by atoms with Crippen LogP contribution in [-0.2, 0) is 19.2 Å². The monoisotopic (exact) mass is 427 g/mol. The fraction of sp³-hybridized carbons (Fsp3) is 0.789. The van der Waals surface area contributed by atoms with E-state index in [0.29, 0.717) is 45.1 Å². The van der Waals surface area contributed by atoms with Gasteiger partial charge in [-0.05, 0) is 39.5 Å². The second-order valence-electron chi connectivity index (χ2n) is 8.27. The molecule has 30 heavy (non-hydrogen) atoms. The molecule has 0 aliphatic carbocycles. The molecule has 11 nitrogen and oxygen atoms in total. The number of aliphatic hydroxyl groups is 2. The fourth-order valence-electron chi connectivity index (χ4n) is 4.24. The van der Waals surface area contributed by atoms with Gasteiger partial charge in [0.2, 0.25) is 17.7 Å². The summed E-state index contributed by atoms with van der Waals surface area (Å²) in [7, 11) is 0. The number of rotatable bonds is 9. The molecule has 0 bridgehead atoms. The average molecular weight is 428 g/mol. The van der Waals surface area contributed by atoms with E-state index in [9.17, 15) is 29.4 Å². The van der Waals surface area contributed by atoms with Crippen molar-refractivity contribution >= 4 is 24.0 Å². The van der Waals surface area contributed by atoms with Crippen LogP contribution in [0.2, 0.25) is 0 Å². The lowest BCUT2D eigenvalue weighted by atomic mass is 9.96. The van der Waals surface area contributed by atoms with Crippen molar-refractivity contribution in [3.8, 4) is 0 Å².